The standard InChI is InChI=1S/C13H6BrF2NO2S/c14-11-2-1-6(20-11)5-17-12(18)7-3-9(15)10(16)4-8(7)13(17)19/h1-4H,5H2. The highest BCUT2D eigenvalue weighted by atomic mass is 79.9. The van der Waals surface area contributed by atoms with Gasteiger partial charge in [-0.1, -0.05) is 0 Å². The van der Waals surface area contributed by atoms with Gasteiger partial charge < -0.3 is 0 Å². The summed E-state index contributed by atoms with van der Waals surface area (Å²) < 4.78 is 27.2. The van der Waals surface area contributed by atoms with Crippen LogP contribution in [-0.2, 0) is 6.54 Å². The molecule has 0 fully saturated rings. The average molecular weight is 358 g/mol. The molecule has 1 aromatic carbocycles. The van der Waals surface area contributed by atoms with Gasteiger partial charge >= 0.3 is 0 Å². The minimum Gasteiger partial charge on any atom is -0.269 e. The van der Waals surface area contributed by atoms with E-state index in [1.165, 1.54) is 11.3 Å². The zero-order valence-corrected chi connectivity index (χ0v) is 12.2. The number of carbonyl (C=O) groups excluding carboxylic acids is 2. The van der Waals surface area contributed by atoms with Crippen LogP contribution in [-0.4, -0.2) is 16.7 Å². The van der Waals surface area contributed by atoms with Gasteiger partial charge in [-0.2, -0.15) is 0 Å². The molecule has 0 saturated carbocycles. The lowest BCUT2D eigenvalue weighted by atomic mass is 10.1. The first-order valence-corrected chi connectivity index (χ1v) is 7.18. The number of amides is 2. The Kier molecular flexibility index (Phi) is 3.18. The van der Waals surface area contributed by atoms with E-state index in [0.717, 1.165) is 25.7 Å². The number of rotatable bonds is 2. The molecule has 1 aliphatic rings. The van der Waals surface area contributed by atoms with E-state index < -0.39 is 23.4 Å². The number of hydrogen-bond acceptors (Lipinski definition) is 3. The predicted octanol–water partition coefficient (Wildman–Crippen LogP) is 3.59. The molecule has 7 heteroatoms. The van der Waals surface area contributed by atoms with Gasteiger partial charge in [0.15, 0.2) is 11.6 Å². The van der Waals surface area contributed by atoms with Gasteiger partial charge in [0, 0.05) is 4.88 Å². The summed E-state index contributed by atoms with van der Waals surface area (Å²) in [6, 6.07) is 5.13. The van der Waals surface area contributed by atoms with Crippen molar-refractivity contribution in [2.24, 2.45) is 0 Å². The van der Waals surface area contributed by atoms with Gasteiger partial charge in [0.25, 0.3) is 11.8 Å². The van der Waals surface area contributed by atoms with Crippen molar-refractivity contribution in [3.05, 3.63) is 55.7 Å². The normalized spacial score (nSPS) is 14.1. The van der Waals surface area contributed by atoms with Crippen molar-refractivity contribution in [1.82, 2.24) is 4.90 Å². The molecular formula is C13H6BrF2NO2S. The molecule has 102 valence electrons. The minimum atomic E-state index is -1.13. The van der Waals surface area contributed by atoms with Crippen molar-refractivity contribution >= 4 is 39.1 Å². The van der Waals surface area contributed by atoms with Crippen LogP contribution in [0.25, 0.3) is 0 Å². The number of carbonyl (C=O) groups is 2. The lowest BCUT2D eigenvalue weighted by Gasteiger charge is -2.11. The molecule has 20 heavy (non-hydrogen) atoms. The van der Waals surface area contributed by atoms with Crippen molar-refractivity contribution in [3.8, 4) is 0 Å². The van der Waals surface area contributed by atoms with E-state index in [9.17, 15) is 18.4 Å². The Morgan fingerprint density at radius 3 is 2.05 bits per heavy atom. The summed E-state index contributed by atoms with van der Waals surface area (Å²) in [6.45, 7) is 0.0891. The summed E-state index contributed by atoms with van der Waals surface area (Å²) in [7, 11) is 0. The molecule has 1 aromatic heterocycles. The molecule has 0 aliphatic carbocycles. The van der Waals surface area contributed by atoms with Crippen LogP contribution in [0.15, 0.2) is 28.1 Å². The van der Waals surface area contributed by atoms with E-state index in [1.54, 1.807) is 12.1 Å². The maximum Gasteiger partial charge on any atom is 0.261 e. The second-order valence-corrected chi connectivity index (χ2v) is 6.76. The average Bonchev–Trinajstić information content (AvgIpc) is 2.90. The van der Waals surface area contributed by atoms with E-state index in [1.807, 2.05) is 0 Å². The highest BCUT2D eigenvalue weighted by Gasteiger charge is 2.36. The summed E-state index contributed by atoms with van der Waals surface area (Å²) in [4.78, 5) is 26.0. The SMILES string of the molecule is O=C1c2cc(F)c(F)cc2C(=O)N1Cc1ccc(Br)s1. The maximum absolute atomic E-state index is 13.2. The third-order valence-electron chi connectivity index (χ3n) is 2.95. The van der Waals surface area contributed by atoms with Crippen LogP contribution in [0.5, 0.6) is 0 Å². The number of thiophene rings is 1. The molecule has 0 bridgehead atoms. The van der Waals surface area contributed by atoms with Gasteiger partial charge in [-0.05, 0) is 40.2 Å². The number of hydrogen-bond donors (Lipinski definition) is 0. The molecule has 2 heterocycles. The fraction of sp³-hybridized carbons (Fsp3) is 0.0769. The predicted molar refractivity (Wildman–Crippen MR) is 72.6 cm³/mol. The van der Waals surface area contributed by atoms with Gasteiger partial charge in [0.05, 0.1) is 21.5 Å². The summed E-state index contributed by atoms with van der Waals surface area (Å²) in [6.07, 6.45) is 0. The topological polar surface area (TPSA) is 37.4 Å². The van der Waals surface area contributed by atoms with Crippen LogP contribution in [0.1, 0.15) is 25.6 Å². The minimum absolute atomic E-state index is 0.0891. The Balaban J connectivity index is 1.97. The smallest absolute Gasteiger partial charge is 0.261 e. The summed E-state index contributed by atoms with van der Waals surface area (Å²) in [5.74, 6) is -3.47. The van der Waals surface area contributed by atoms with E-state index in [0.29, 0.717) is 0 Å². The lowest BCUT2D eigenvalue weighted by molar-refractivity contribution is 0.0643. The van der Waals surface area contributed by atoms with Gasteiger partial charge in [0.2, 0.25) is 0 Å². The number of nitrogens with zero attached hydrogens (tertiary/aromatic N) is 1. The van der Waals surface area contributed by atoms with E-state index in [-0.39, 0.29) is 17.7 Å². The van der Waals surface area contributed by atoms with Crippen molar-refractivity contribution in [2.75, 3.05) is 0 Å². The molecule has 3 rings (SSSR count). The van der Waals surface area contributed by atoms with Crippen LogP contribution in [0.3, 0.4) is 0 Å². The molecule has 0 saturated heterocycles. The summed E-state index contributed by atoms with van der Waals surface area (Å²) >= 11 is 4.68. The lowest BCUT2D eigenvalue weighted by Crippen LogP contribution is -2.28. The van der Waals surface area contributed by atoms with Crippen LogP contribution in [0, 0.1) is 11.6 Å². The van der Waals surface area contributed by atoms with E-state index in [4.69, 9.17) is 0 Å². The summed E-state index contributed by atoms with van der Waals surface area (Å²) in [5.41, 5.74) is -0.186. The van der Waals surface area contributed by atoms with Crippen molar-refractivity contribution in [1.29, 1.82) is 0 Å². The first-order valence-electron chi connectivity index (χ1n) is 5.57. The molecule has 1 aliphatic heterocycles. The molecule has 0 spiro atoms. The van der Waals surface area contributed by atoms with Gasteiger partial charge in [0.1, 0.15) is 0 Å². The molecule has 3 nitrogen and oxygen atoms in total. The van der Waals surface area contributed by atoms with Crippen LogP contribution in [0.4, 0.5) is 8.78 Å². The number of imide groups is 1. The summed E-state index contributed by atoms with van der Waals surface area (Å²) in [5, 5.41) is 0. The molecule has 0 unspecified atom stereocenters. The Morgan fingerprint density at radius 2 is 1.60 bits per heavy atom. The van der Waals surface area contributed by atoms with Crippen LogP contribution >= 0.6 is 27.3 Å². The van der Waals surface area contributed by atoms with Gasteiger partial charge in [-0.15, -0.1) is 11.3 Å². The zero-order chi connectivity index (χ0) is 14.4. The fourth-order valence-corrected chi connectivity index (χ4v) is 3.49. The first kappa shape index (κ1) is 13.4. The second-order valence-electron chi connectivity index (χ2n) is 4.21. The van der Waals surface area contributed by atoms with Gasteiger partial charge in [-0.25, -0.2) is 8.78 Å². The van der Waals surface area contributed by atoms with Crippen molar-refractivity contribution < 1.29 is 18.4 Å². The maximum atomic E-state index is 13.2. The van der Waals surface area contributed by atoms with E-state index >= 15 is 0 Å². The molecule has 2 aromatic rings. The van der Waals surface area contributed by atoms with Crippen LogP contribution < -0.4 is 0 Å². The largest absolute Gasteiger partial charge is 0.269 e. The van der Waals surface area contributed by atoms with Gasteiger partial charge in [-0.3, -0.25) is 14.5 Å². The number of halogens is 3. The molecule has 2 amide bonds. The molecule has 0 N–H and O–H groups in total. The molecular weight excluding hydrogens is 352 g/mol. The van der Waals surface area contributed by atoms with Crippen molar-refractivity contribution in [2.45, 2.75) is 6.54 Å². The third kappa shape index (κ3) is 2.06. The highest BCUT2D eigenvalue weighted by molar-refractivity contribution is 9.11. The Labute approximate surface area is 124 Å². The Morgan fingerprint density at radius 1 is 1.05 bits per heavy atom. The third-order valence-corrected chi connectivity index (χ3v) is 4.56. The highest BCUT2D eigenvalue weighted by Crippen LogP contribution is 2.29. The quantitative estimate of drug-likeness (QED) is 0.770. The number of benzene rings is 1. The van der Waals surface area contributed by atoms with Crippen molar-refractivity contribution in [3.63, 3.8) is 0 Å². The second kappa shape index (κ2) is 4.75. The molecule has 0 atom stereocenters. The monoisotopic (exact) mass is 357 g/mol. The Hall–Kier alpha value is -1.60. The number of fused-ring (bicyclic) bond motifs is 1. The fourth-order valence-electron chi connectivity index (χ4n) is 2.02. The first-order chi connectivity index (χ1) is 9.47. The Bertz CT molecular complexity index is 703. The molecule has 0 radical (unpaired) electrons. The zero-order valence-electron chi connectivity index (χ0n) is 9.82. The van der Waals surface area contributed by atoms with Crippen LogP contribution in [0.2, 0.25) is 0 Å². The van der Waals surface area contributed by atoms with E-state index in [2.05, 4.69) is 15.9 Å².